The highest BCUT2D eigenvalue weighted by atomic mass is 16.3. The first kappa shape index (κ1) is 21.2. The van der Waals surface area contributed by atoms with Gasteiger partial charge in [0.25, 0.3) is 0 Å². The fourth-order valence-corrected chi connectivity index (χ4v) is 4.59. The maximum atomic E-state index is 6.23. The van der Waals surface area contributed by atoms with Crippen LogP contribution in [0.4, 0.5) is 0 Å². The SMILES string of the molecule is Cc1ccc2c(n1)oc1c(-c3cccc(C(C)(C)c4cccc(-c5ccccc5)n4)n3)cccc12. The first-order valence-electron chi connectivity index (χ1n) is 11.8. The van der Waals surface area contributed by atoms with E-state index in [1.165, 1.54) is 0 Å². The Labute approximate surface area is 204 Å². The Bertz CT molecular complexity index is 1680. The molecule has 0 saturated carbocycles. The summed E-state index contributed by atoms with van der Waals surface area (Å²) in [5.74, 6) is 0. The Morgan fingerprint density at radius 3 is 2.06 bits per heavy atom. The Balaban J connectivity index is 1.45. The Kier molecular flexibility index (Phi) is 4.96. The zero-order chi connectivity index (χ0) is 24.0. The maximum Gasteiger partial charge on any atom is 0.227 e. The summed E-state index contributed by atoms with van der Waals surface area (Å²) in [5, 5.41) is 2.07. The molecule has 0 radical (unpaired) electrons. The molecule has 0 aliphatic carbocycles. The number of hydrogen-bond donors (Lipinski definition) is 0. The molecular weight excluding hydrogens is 430 g/mol. The Morgan fingerprint density at radius 1 is 0.600 bits per heavy atom. The lowest BCUT2D eigenvalue weighted by molar-refractivity contribution is 0.596. The molecule has 0 atom stereocenters. The predicted molar refractivity (Wildman–Crippen MR) is 141 cm³/mol. The summed E-state index contributed by atoms with van der Waals surface area (Å²) in [6.45, 7) is 6.32. The molecule has 0 spiro atoms. The fourth-order valence-electron chi connectivity index (χ4n) is 4.59. The van der Waals surface area contributed by atoms with Crippen LogP contribution in [0.15, 0.2) is 101 Å². The van der Waals surface area contributed by atoms with Gasteiger partial charge in [-0.15, -0.1) is 0 Å². The van der Waals surface area contributed by atoms with E-state index in [9.17, 15) is 0 Å². The van der Waals surface area contributed by atoms with Crippen molar-refractivity contribution in [2.45, 2.75) is 26.2 Å². The van der Waals surface area contributed by atoms with Crippen LogP contribution in [0.3, 0.4) is 0 Å². The molecule has 4 nitrogen and oxygen atoms in total. The summed E-state index contributed by atoms with van der Waals surface area (Å²) < 4.78 is 6.23. The van der Waals surface area contributed by atoms with E-state index in [4.69, 9.17) is 14.4 Å². The van der Waals surface area contributed by atoms with Crippen molar-refractivity contribution in [2.75, 3.05) is 0 Å². The number of nitrogens with zero attached hydrogens (tertiary/aromatic N) is 3. The number of furan rings is 1. The highest BCUT2D eigenvalue weighted by Gasteiger charge is 2.27. The van der Waals surface area contributed by atoms with Crippen molar-refractivity contribution in [1.29, 1.82) is 0 Å². The number of aryl methyl sites for hydroxylation is 1. The van der Waals surface area contributed by atoms with E-state index in [0.717, 1.165) is 56.0 Å². The molecule has 0 unspecified atom stereocenters. The summed E-state index contributed by atoms with van der Waals surface area (Å²) in [6.07, 6.45) is 0. The standard InChI is InChI=1S/C31H25N3O/c1-20-18-19-23-22-12-7-13-24(29(22)35-30(23)32-20)26-15-9-17-28(34-26)31(2,3)27-16-8-14-25(33-27)21-10-5-4-6-11-21/h4-19H,1-3H3. The quantitative estimate of drug-likeness (QED) is 0.273. The van der Waals surface area contributed by atoms with Crippen LogP contribution < -0.4 is 0 Å². The van der Waals surface area contributed by atoms with E-state index in [1.807, 2.05) is 37.3 Å². The number of rotatable bonds is 4. The number of aromatic nitrogens is 3. The molecule has 0 saturated heterocycles. The summed E-state index contributed by atoms with van der Waals surface area (Å²) in [5.41, 5.74) is 7.84. The average Bonchev–Trinajstić information content (AvgIpc) is 3.27. The van der Waals surface area contributed by atoms with Gasteiger partial charge in [0.05, 0.1) is 22.8 Å². The van der Waals surface area contributed by atoms with Gasteiger partial charge in [-0.3, -0.25) is 9.97 Å². The fraction of sp³-hybridized carbons (Fsp3) is 0.129. The third-order valence-electron chi connectivity index (χ3n) is 6.63. The summed E-state index contributed by atoms with van der Waals surface area (Å²) in [4.78, 5) is 14.7. The van der Waals surface area contributed by atoms with E-state index in [-0.39, 0.29) is 5.41 Å². The van der Waals surface area contributed by atoms with Crippen LogP contribution >= 0.6 is 0 Å². The number of fused-ring (bicyclic) bond motifs is 3. The van der Waals surface area contributed by atoms with Crippen LogP contribution in [0.1, 0.15) is 30.9 Å². The van der Waals surface area contributed by atoms with Gasteiger partial charge in [0.1, 0.15) is 5.58 Å². The second-order valence-electron chi connectivity index (χ2n) is 9.40. The lowest BCUT2D eigenvalue weighted by Crippen LogP contribution is -2.22. The lowest BCUT2D eigenvalue weighted by Gasteiger charge is -2.24. The number of benzene rings is 2. The summed E-state index contributed by atoms with van der Waals surface area (Å²) >= 11 is 0. The molecule has 0 aliphatic heterocycles. The van der Waals surface area contributed by atoms with Crippen LogP contribution in [0.2, 0.25) is 0 Å². The topological polar surface area (TPSA) is 51.8 Å². The second-order valence-corrected chi connectivity index (χ2v) is 9.40. The Hall–Kier alpha value is -4.31. The zero-order valence-electron chi connectivity index (χ0n) is 20.0. The van der Waals surface area contributed by atoms with Crippen molar-refractivity contribution in [2.24, 2.45) is 0 Å². The van der Waals surface area contributed by atoms with E-state index in [0.29, 0.717) is 5.71 Å². The van der Waals surface area contributed by atoms with Crippen LogP contribution in [0.25, 0.3) is 44.6 Å². The highest BCUT2D eigenvalue weighted by molar-refractivity contribution is 6.08. The molecule has 4 heterocycles. The number of pyridine rings is 3. The van der Waals surface area contributed by atoms with Gasteiger partial charge in [-0.2, -0.15) is 0 Å². The van der Waals surface area contributed by atoms with E-state index >= 15 is 0 Å². The van der Waals surface area contributed by atoms with Gasteiger partial charge in [-0.05, 0) is 63.2 Å². The van der Waals surface area contributed by atoms with Gasteiger partial charge < -0.3 is 4.42 Å². The molecule has 6 aromatic rings. The maximum absolute atomic E-state index is 6.23. The summed E-state index contributed by atoms with van der Waals surface area (Å²) in [6, 6.07) is 32.9. The van der Waals surface area contributed by atoms with Crippen molar-refractivity contribution in [3.8, 4) is 22.5 Å². The van der Waals surface area contributed by atoms with Gasteiger partial charge in [-0.25, -0.2) is 4.98 Å². The van der Waals surface area contributed by atoms with Gasteiger partial charge in [0.2, 0.25) is 5.71 Å². The first-order chi connectivity index (χ1) is 17.0. The normalized spacial score (nSPS) is 11.9. The lowest BCUT2D eigenvalue weighted by atomic mass is 9.84. The van der Waals surface area contributed by atoms with Crippen LogP contribution in [-0.4, -0.2) is 15.0 Å². The first-order valence-corrected chi connectivity index (χ1v) is 11.8. The minimum absolute atomic E-state index is 0.388. The van der Waals surface area contributed by atoms with Gasteiger partial charge in [0, 0.05) is 33.0 Å². The molecule has 0 amide bonds. The summed E-state index contributed by atoms with van der Waals surface area (Å²) in [7, 11) is 0. The van der Waals surface area contributed by atoms with Gasteiger partial charge >= 0.3 is 0 Å². The molecule has 2 aromatic carbocycles. The predicted octanol–water partition coefficient (Wildman–Crippen LogP) is 7.74. The largest absolute Gasteiger partial charge is 0.437 e. The molecule has 6 rings (SSSR count). The van der Waals surface area contributed by atoms with E-state index < -0.39 is 0 Å². The minimum atomic E-state index is -0.388. The Morgan fingerprint density at radius 2 is 1.29 bits per heavy atom. The van der Waals surface area contributed by atoms with Crippen LogP contribution in [-0.2, 0) is 5.41 Å². The molecule has 4 heteroatoms. The van der Waals surface area contributed by atoms with Crippen molar-refractivity contribution < 1.29 is 4.42 Å². The molecule has 0 N–H and O–H groups in total. The molecule has 0 bridgehead atoms. The molecule has 0 fully saturated rings. The van der Waals surface area contributed by atoms with E-state index in [1.54, 1.807) is 0 Å². The van der Waals surface area contributed by atoms with E-state index in [2.05, 4.69) is 85.6 Å². The van der Waals surface area contributed by atoms with Crippen LogP contribution in [0, 0.1) is 6.92 Å². The number of hydrogen-bond acceptors (Lipinski definition) is 4. The van der Waals surface area contributed by atoms with Crippen molar-refractivity contribution >= 4 is 22.1 Å². The molecule has 0 aliphatic rings. The van der Waals surface area contributed by atoms with Crippen molar-refractivity contribution in [3.63, 3.8) is 0 Å². The second kappa shape index (κ2) is 8.17. The molecule has 4 aromatic heterocycles. The van der Waals surface area contributed by atoms with Crippen molar-refractivity contribution in [3.05, 3.63) is 114 Å². The molecule has 35 heavy (non-hydrogen) atoms. The number of para-hydroxylation sites is 1. The average molecular weight is 456 g/mol. The minimum Gasteiger partial charge on any atom is -0.437 e. The van der Waals surface area contributed by atoms with Gasteiger partial charge in [0.15, 0.2) is 0 Å². The third kappa shape index (κ3) is 3.68. The smallest absolute Gasteiger partial charge is 0.227 e. The third-order valence-corrected chi connectivity index (χ3v) is 6.63. The van der Waals surface area contributed by atoms with Crippen LogP contribution in [0.5, 0.6) is 0 Å². The van der Waals surface area contributed by atoms with Crippen molar-refractivity contribution in [1.82, 2.24) is 15.0 Å². The highest BCUT2D eigenvalue weighted by Crippen LogP contribution is 2.36. The molecule has 170 valence electrons. The van der Waals surface area contributed by atoms with Gasteiger partial charge in [-0.1, -0.05) is 54.6 Å². The zero-order valence-corrected chi connectivity index (χ0v) is 20.0. The molecular formula is C31H25N3O. The monoisotopic (exact) mass is 455 g/mol.